The van der Waals surface area contributed by atoms with E-state index >= 15 is 0 Å². The van der Waals surface area contributed by atoms with E-state index in [0.29, 0.717) is 19.0 Å². The number of nitrogens with zero attached hydrogens (tertiary/aromatic N) is 3. The number of hydrogen-bond donors (Lipinski definition) is 1. The molecule has 1 amide bonds. The highest BCUT2D eigenvalue weighted by Gasteiger charge is 2.30. The molecule has 25 heavy (non-hydrogen) atoms. The van der Waals surface area contributed by atoms with Crippen LogP contribution in [0.1, 0.15) is 30.3 Å². The predicted molar refractivity (Wildman–Crippen MR) is 93.0 cm³/mol. The minimum Gasteiger partial charge on any atom is -0.333 e. The van der Waals surface area contributed by atoms with E-state index in [9.17, 15) is 13.6 Å². The van der Waals surface area contributed by atoms with Gasteiger partial charge in [-0.2, -0.15) is 5.10 Å². The smallest absolute Gasteiger partial charge is 0.274 e. The van der Waals surface area contributed by atoms with Crippen LogP contribution in [0.4, 0.5) is 8.78 Å². The number of carbonyl (C=O) groups is 1. The van der Waals surface area contributed by atoms with Gasteiger partial charge in [0.05, 0.1) is 0 Å². The van der Waals surface area contributed by atoms with Gasteiger partial charge in [0.15, 0.2) is 17.3 Å². The zero-order valence-corrected chi connectivity index (χ0v) is 14.7. The minimum absolute atomic E-state index is 0. The first-order valence-corrected chi connectivity index (χ1v) is 8.02. The number of likely N-dealkylation sites (tertiary alicyclic amines) is 1. The van der Waals surface area contributed by atoms with Crippen molar-refractivity contribution in [1.82, 2.24) is 14.7 Å². The Kier molecular flexibility index (Phi) is 6.13. The van der Waals surface area contributed by atoms with Gasteiger partial charge in [-0.1, -0.05) is 13.0 Å². The molecule has 136 valence electrons. The summed E-state index contributed by atoms with van der Waals surface area (Å²) in [6.07, 6.45) is 3.15. The molecule has 0 spiro atoms. The maximum atomic E-state index is 13.8. The highest BCUT2D eigenvalue weighted by molar-refractivity contribution is 5.92. The van der Waals surface area contributed by atoms with Crippen molar-refractivity contribution in [3.05, 3.63) is 47.8 Å². The van der Waals surface area contributed by atoms with Crippen molar-refractivity contribution in [1.29, 1.82) is 0 Å². The van der Waals surface area contributed by atoms with Gasteiger partial charge in [-0.15, -0.1) is 12.4 Å². The minimum atomic E-state index is -0.733. The molecule has 2 unspecified atom stereocenters. The fraction of sp³-hybridized carbons (Fsp3) is 0.412. The van der Waals surface area contributed by atoms with Crippen LogP contribution in [0.2, 0.25) is 0 Å². The number of nitrogens with two attached hydrogens (primary N) is 1. The van der Waals surface area contributed by atoms with Gasteiger partial charge in [-0.3, -0.25) is 4.79 Å². The fourth-order valence-corrected chi connectivity index (χ4v) is 3.16. The molecule has 8 heteroatoms. The lowest BCUT2D eigenvalue weighted by molar-refractivity contribution is 0.0567. The molecule has 1 aromatic carbocycles. The zero-order chi connectivity index (χ0) is 17.3. The Morgan fingerprint density at radius 1 is 1.32 bits per heavy atom. The highest BCUT2D eigenvalue weighted by Crippen LogP contribution is 2.24. The van der Waals surface area contributed by atoms with Crippen LogP contribution in [0, 0.1) is 17.6 Å². The van der Waals surface area contributed by atoms with Crippen molar-refractivity contribution in [3.8, 4) is 5.69 Å². The van der Waals surface area contributed by atoms with Gasteiger partial charge in [-0.05, 0) is 37.0 Å². The van der Waals surface area contributed by atoms with Gasteiger partial charge < -0.3 is 10.6 Å². The van der Waals surface area contributed by atoms with Crippen LogP contribution in [-0.2, 0) is 0 Å². The first kappa shape index (κ1) is 19.3. The number of benzene rings is 1. The second-order valence-electron chi connectivity index (χ2n) is 6.23. The number of aromatic nitrogens is 2. The molecule has 1 saturated heterocycles. The second-order valence-corrected chi connectivity index (χ2v) is 6.23. The normalized spacial score (nSPS) is 20.2. The second kappa shape index (κ2) is 7.93. The number of para-hydroxylation sites is 1. The van der Waals surface area contributed by atoms with Crippen LogP contribution >= 0.6 is 12.4 Å². The van der Waals surface area contributed by atoms with Crippen molar-refractivity contribution < 1.29 is 13.6 Å². The highest BCUT2D eigenvalue weighted by atomic mass is 35.5. The average Bonchev–Trinajstić information content (AvgIpc) is 3.03. The van der Waals surface area contributed by atoms with Gasteiger partial charge in [-0.25, -0.2) is 13.5 Å². The quantitative estimate of drug-likeness (QED) is 0.903. The molecular weight excluding hydrogens is 350 g/mol. The van der Waals surface area contributed by atoms with Crippen molar-refractivity contribution >= 4 is 18.3 Å². The third kappa shape index (κ3) is 3.82. The van der Waals surface area contributed by atoms with Crippen molar-refractivity contribution in [2.24, 2.45) is 11.7 Å². The first-order valence-electron chi connectivity index (χ1n) is 8.02. The molecule has 0 radical (unpaired) electrons. The predicted octanol–water partition coefficient (Wildman–Crippen LogP) is 2.77. The van der Waals surface area contributed by atoms with Crippen LogP contribution < -0.4 is 5.73 Å². The summed E-state index contributed by atoms with van der Waals surface area (Å²) in [6.45, 7) is 3.14. The van der Waals surface area contributed by atoms with Gasteiger partial charge >= 0.3 is 0 Å². The monoisotopic (exact) mass is 370 g/mol. The van der Waals surface area contributed by atoms with Gasteiger partial charge in [0.2, 0.25) is 0 Å². The molecule has 2 N–H and O–H groups in total. The third-order valence-corrected chi connectivity index (χ3v) is 4.49. The summed E-state index contributed by atoms with van der Waals surface area (Å²) < 4.78 is 28.8. The molecule has 0 bridgehead atoms. The van der Waals surface area contributed by atoms with Crippen LogP contribution in [0.15, 0.2) is 30.5 Å². The molecule has 1 aliphatic rings. The van der Waals surface area contributed by atoms with Crippen LogP contribution in [0.25, 0.3) is 5.69 Å². The lowest BCUT2D eigenvalue weighted by Gasteiger charge is -2.37. The van der Waals surface area contributed by atoms with E-state index in [1.165, 1.54) is 18.3 Å². The lowest BCUT2D eigenvalue weighted by Crippen LogP contribution is -2.49. The van der Waals surface area contributed by atoms with Crippen molar-refractivity contribution in [2.75, 3.05) is 13.1 Å². The Labute approximate surface area is 151 Å². The van der Waals surface area contributed by atoms with Gasteiger partial charge in [0.25, 0.3) is 5.91 Å². The molecule has 0 saturated carbocycles. The summed E-state index contributed by atoms with van der Waals surface area (Å²) in [5.74, 6) is -1.20. The van der Waals surface area contributed by atoms with Crippen molar-refractivity contribution in [3.63, 3.8) is 0 Å². The molecule has 3 rings (SSSR count). The number of hydrogen-bond acceptors (Lipinski definition) is 3. The van der Waals surface area contributed by atoms with Crippen LogP contribution in [-0.4, -0.2) is 39.7 Å². The Morgan fingerprint density at radius 2 is 2.00 bits per heavy atom. The Bertz CT molecular complexity index is 732. The standard InChI is InChI=1S/C17H20F2N4O.ClH/c1-11-5-7-22(12(9-11)10-20)17(24)15-6-8-23(21-15)16-13(18)3-2-4-14(16)19;/h2-4,6,8,11-12H,5,7,9-10,20H2,1H3;1H. The van der Waals surface area contributed by atoms with Crippen LogP contribution in [0.5, 0.6) is 0 Å². The Hall–Kier alpha value is -1.99. The SMILES string of the molecule is CC1CCN(C(=O)c2ccn(-c3c(F)cccc3F)n2)C(CN)C1.Cl. The van der Waals surface area contributed by atoms with E-state index in [2.05, 4.69) is 12.0 Å². The average molecular weight is 371 g/mol. The van der Waals surface area contributed by atoms with E-state index in [1.807, 2.05) is 0 Å². The maximum Gasteiger partial charge on any atom is 0.274 e. The lowest BCUT2D eigenvalue weighted by atomic mass is 9.92. The molecule has 1 fully saturated rings. The summed E-state index contributed by atoms with van der Waals surface area (Å²) in [5.41, 5.74) is 5.65. The van der Waals surface area contributed by atoms with Gasteiger partial charge in [0.1, 0.15) is 5.69 Å². The number of amides is 1. The fourth-order valence-electron chi connectivity index (χ4n) is 3.16. The summed E-state index contributed by atoms with van der Waals surface area (Å²) in [5, 5.41) is 4.07. The molecule has 1 aromatic heterocycles. The number of rotatable bonds is 3. The van der Waals surface area contributed by atoms with E-state index in [0.717, 1.165) is 29.7 Å². The number of piperidine rings is 1. The van der Waals surface area contributed by atoms with E-state index in [4.69, 9.17) is 5.73 Å². The summed E-state index contributed by atoms with van der Waals surface area (Å²) in [7, 11) is 0. The Morgan fingerprint density at radius 3 is 2.64 bits per heavy atom. The summed E-state index contributed by atoms with van der Waals surface area (Å²) in [4.78, 5) is 14.4. The molecule has 2 heterocycles. The topological polar surface area (TPSA) is 64.2 Å². The largest absolute Gasteiger partial charge is 0.333 e. The molecule has 5 nitrogen and oxygen atoms in total. The molecular formula is C17H21ClF2N4O. The van der Waals surface area contributed by atoms with Crippen LogP contribution in [0.3, 0.4) is 0 Å². The van der Waals surface area contributed by atoms with Crippen molar-refractivity contribution in [2.45, 2.75) is 25.8 Å². The van der Waals surface area contributed by atoms with E-state index in [-0.39, 0.29) is 35.7 Å². The van der Waals surface area contributed by atoms with Gasteiger partial charge in [0, 0.05) is 25.3 Å². The molecule has 2 aromatic rings. The summed E-state index contributed by atoms with van der Waals surface area (Å²) in [6, 6.07) is 5.03. The third-order valence-electron chi connectivity index (χ3n) is 4.49. The first-order chi connectivity index (χ1) is 11.5. The maximum absolute atomic E-state index is 13.8. The number of halogens is 3. The Balaban J connectivity index is 0.00000225. The number of carbonyl (C=O) groups excluding carboxylic acids is 1. The van der Waals surface area contributed by atoms with E-state index in [1.54, 1.807) is 4.90 Å². The zero-order valence-electron chi connectivity index (χ0n) is 13.9. The summed E-state index contributed by atoms with van der Waals surface area (Å²) >= 11 is 0. The van der Waals surface area contributed by atoms with E-state index < -0.39 is 11.6 Å². The molecule has 0 aliphatic carbocycles. The molecule has 2 atom stereocenters. The molecule has 1 aliphatic heterocycles.